The second kappa shape index (κ2) is 10.5. The van der Waals surface area contributed by atoms with E-state index in [1.807, 2.05) is 42.5 Å². The monoisotopic (exact) mass is 614 g/mol. The smallest absolute Gasteiger partial charge is 0.180 e. The molecule has 0 saturated heterocycles. The highest BCUT2D eigenvalue weighted by molar-refractivity contribution is 6.12. The number of para-hydroxylation sites is 2. The number of benzene rings is 7. The van der Waals surface area contributed by atoms with E-state index in [4.69, 9.17) is 19.1 Å². The highest BCUT2D eigenvalue weighted by Gasteiger charge is 2.26. The van der Waals surface area contributed by atoms with Crippen LogP contribution in [0.1, 0.15) is 0 Å². The Balaban J connectivity index is 1.14. The lowest BCUT2D eigenvalue weighted by molar-refractivity contribution is 0.489. The molecule has 10 rings (SSSR count). The second-order valence-electron chi connectivity index (χ2n) is 12.1. The third-order valence-corrected chi connectivity index (χ3v) is 9.33. The topological polar surface area (TPSA) is 48.2 Å². The number of ether oxygens (including phenoxy) is 1. The molecule has 0 bridgehead atoms. The fourth-order valence-corrected chi connectivity index (χ4v) is 7.05. The van der Waals surface area contributed by atoms with E-state index < -0.39 is 0 Å². The molecule has 0 atom stereocenters. The summed E-state index contributed by atoms with van der Waals surface area (Å²) in [6, 6.07) is 54.4. The molecule has 0 spiro atoms. The minimum Gasteiger partial charge on any atom is -0.455 e. The van der Waals surface area contributed by atoms with Crippen LogP contribution in [0.5, 0.6) is 11.5 Å². The van der Waals surface area contributed by atoms with Crippen molar-refractivity contribution in [3.05, 3.63) is 158 Å². The summed E-state index contributed by atoms with van der Waals surface area (Å²) in [6.45, 7) is 0. The van der Waals surface area contributed by atoms with Crippen molar-refractivity contribution in [1.29, 1.82) is 0 Å². The summed E-state index contributed by atoms with van der Waals surface area (Å²) in [4.78, 5) is 10.3. The fraction of sp³-hybridized carbons (Fsp3) is 0. The number of aromatic nitrogens is 2. The zero-order chi connectivity index (χ0) is 31.6. The Hall–Kier alpha value is -6.52. The van der Waals surface area contributed by atoms with Gasteiger partial charge in [0.25, 0.3) is 0 Å². The van der Waals surface area contributed by atoms with Crippen molar-refractivity contribution in [3.63, 3.8) is 0 Å². The van der Waals surface area contributed by atoms with Gasteiger partial charge in [-0.1, -0.05) is 133 Å². The van der Waals surface area contributed by atoms with Gasteiger partial charge in [0.1, 0.15) is 28.3 Å². The molecule has 224 valence electrons. The third-order valence-electron chi connectivity index (χ3n) is 9.33. The quantitative estimate of drug-likeness (QED) is 0.198. The lowest BCUT2D eigenvalue weighted by Gasteiger charge is -2.24. The number of furan rings is 1. The first-order valence-corrected chi connectivity index (χ1v) is 16.1. The first-order valence-electron chi connectivity index (χ1n) is 16.1. The average molecular weight is 615 g/mol. The van der Waals surface area contributed by atoms with Crippen LogP contribution in [0.2, 0.25) is 0 Å². The Morgan fingerprint density at radius 2 is 1.06 bits per heavy atom. The van der Waals surface area contributed by atoms with Gasteiger partial charge in [0.15, 0.2) is 11.4 Å². The molecule has 0 amide bonds. The van der Waals surface area contributed by atoms with Gasteiger partial charge in [-0.3, -0.25) is 0 Å². The van der Waals surface area contributed by atoms with Crippen molar-refractivity contribution in [1.82, 2.24) is 9.97 Å². The predicted octanol–water partition coefficient (Wildman–Crippen LogP) is 12.0. The van der Waals surface area contributed by atoms with Crippen LogP contribution in [0, 0.1) is 0 Å². The maximum atomic E-state index is 6.79. The van der Waals surface area contributed by atoms with E-state index >= 15 is 0 Å². The Bertz CT molecular complexity index is 2680. The zero-order valence-electron chi connectivity index (χ0n) is 25.7. The van der Waals surface area contributed by atoms with Crippen LogP contribution in [0.4, 0.5) is 0 Å². The van der Waals surface area contributed by atoms with Crippen molar-refractivity contribution in [2.75, 3.05) is 0 Å². The van der Waals surface area contributed by atoms with E-state index in [0.29, 0.717) is 11.4 Å². The summed E-state index contributed by atoms with van der Waals surface area (Å²) >= 11 is 0. The summed E-state index contributed by atoms with van der Waals surface area (Å²) in [7, 11) is 0. The van der Waals surface area contributed by atoms with Gasteiger partial charge in [0.2, 0.25) is 0 Å². The molecule has 3 heterocycles. The molecule has 1 aliphatic rings. The fourth-order valence-electron chi connectivity index (χ4n) is 7.05. The molecule has 0 saturated carbocycles. The number of hydrogen-bond donors (Lipinski definition) is 0. The molecule has 0 unspecified atom stereocenters. The zero-order valence-corrected chi connectivity index (χ0v) is 25.7. The maximum absolute atomic E-state index is 6.79. The molecule has 0 radical (unpaired) electrons. The molecular formula is C44H26N2O2. The van der Waals surface area contributed by atoms with E-state index in [-0.39, 0.29) is 0 Å². The molecule has 2 aromatic heterocycles. The van der Waals surface area contributed by atoms with Gasteiger partial charge < -0.3 is 9.15 Å². The van der Waals surface area contributed by atoms with Crippen LogP contribution in [0.15, 0.2) is 162 Å². The highest BCUT2D eigenvalue weighted by atomic mass is 16.5. The lowest BCUT2D eigenvalue weighted by Crippen LogP contribution is -2.01. The second-order valence-corrected chi connectivity index (χ2v) is 12.1. The van der Waals surface area contributed by atoms with Crippen molar-refractivity contribution in [2.45, 2.75) is 0 Å². The Morgan fingerprint density at radius 3 is 1.90 bits per heavy atom. The van der Waals surface area contributed by atoms with Crippen LogP contribution in [-0.2, 0) is 0 Å². The van der Waals surface area contributed by atoms with Crippen LogP contribution in [-0.4, -0.2) is 9.97 Å². The van der Waals surface area contributed by atoms with E-state index in [2.05, 4.69) is 115 Å². The number of hydrogen-bond acceptors (Lipinski definition) is 4. The number of rotatable bonds is 4. The van der Waals surface area contributed by atoms with E-state index in [9.17, 15) is 0 Å². The molecule has 4 nitrogen and oxygen atoms in total. The Morgan fingerprint density at radius 1 is 0.417 bits per heavy atom. The number of nitrogens with zero attached hydrogens (tertiary/aromatic N) is 2. The predicted molar refractivity (Wildman–Crippen MR) is 194 cm³/mol. The summed E-state index contributed by atoms with van der Waals surface area (Å²) in [5.74, 6) is 2.34. The van der Waals surface area contributed by atoms with Gasteiger partial charge >= 0.3 is 0 Å². The Labute approximate surface area is 276 Å². The summed E-state index contributed by atoms with van der Waals surface area (Å²) in [6.07, 6.45) is 0. The normalized spacial score (nSPS) is 11.9. The molecule has 0 aliphatic carbocycles. The molecule has 1 aliphatic heterocycles. The molecular weight excluding hydrogens is 588 g/mol. The average Bonchev–Trinajstić information content (AvgIpc) is 3.54. The van der Waals surface area contributed by atoms with Gasteiger partial charge in [-0.2, -0.15) is 0 Å². The van der Waals surface area contributed by atoms with E-state index in [1.54, 1.807) is 0 Å². The van der Waals surface area contributed by atoms with Crippen molar-refractivity contribution in [3.8, 4) is 67.5 Å². The minimum absolute atomic E-state index is 0.648. The summed E-state index contributed by atoms with van der Waals surface area (Å²) < 4.78 is 13.1. The SMILES string of the molecule is c1ccc(-c2ccc(-c3cccc4c3Oc3ccc(-c5nc(-c6ccccc6)c6oc7ccccc7c6n5)c5cccc-4c35)cc2)cc1. The first-order chi connectivity index (χ1) is 23.8. The van der Waals surface area contributed by atoms with Gasteiger partial charge in [0, 0.05) is 33.0 Å². The highest BCUT2D eigenvalue weighted by Crippen LogP contribution is 2.51. The molecule has 0 fully saturated rings. The summed E-state index contributed by atoms with van der Waals surface area (Å²) in [5.41, 5.74) is 11.7. The van der Waals surface area contributed by atoms with Crippen molar-refractivity contribution in [2.24, 2.45) is 0 Å². The standard InChI is InChI=1S/C44H26N2O2/c1-3-11-27(12-4-1)28-21-23-29(24-22-28)31-16-9-19-34-32-17-10-18-33-35(25-26-38(39(32)33)48-42(31)34)44-45-40(30-13-5-2-6-14-30)43-41(46-44)36-15-7-8-20-37(36)47-43/h1-26H. The van der Waals surface area contributed by atoms with Crippen molar-refractivity contribution >= 4 is 32.8 Å². The molecule has 48 heavy (non-hydrogen) atoms. The van der Waals surface area contributed by atoms with Crippen LogP contribution in [0.3, 0.4) is 0 Å². The molecule has 7 aromatic carbocycles. The third kappa shape index (κ3) is 4.10. The van der Waals surface area contributed by atoms with Crippen LogP contribution >= 0.6 is 0 Å². The van der Waals surface area contributed by atoms with E-state index in [1.165, 1.54) is 11.1 Å². The minimum atomic E-state index is 0.648. The van der Waals surface area contributed by atoms with Crippen LogP contribution < -0.4 is 4.74 Å². The molecule has 4 heteroatoms. The lowest BCUT2D eigenvalue weighted by atomic mass is 9.89. The summed E-state index contributed by atoms with van der Waals surface area (Å²) in [5, 5.41) is 3.07. The van der Waals surface area contributed by atoms with Gasteiger partial charge in [-0.05, 0) is 51.9 Å². The van der Waals surface area contributed by atoms with Gasteiger partial charge in [-0.25, -0.2) is 9.97 Å². The molecule has 9 aromatic rings. The van der Waals surface area contributed by atoms with Crippen molar-refractivity contribution < 1.29 is 9.15 Å². The first kappa shape index (κ1) is 26.7. The van der Waals surface area contributed by atoms with Gasteiger partial charge in [0.05, 0.1) is 0 Å². The Kier molecular flexibility index (Phi) is 5.84. The van der Waals surface area contributed by atoms with Crippen LogP contribution in [0.25, 0.3) is 88.9 Å². The number of fused-ring (bicyclic) bond motifs is 5. The maximum Gasteiger partial charge on any atom is 0.180 e. The van der Waals surface area contributed by atoms with E-state index in [0.717, 1.165) is 77.8 Å². The molecule has 0 N–H and O–H groups in total. The largest absolute Gasteiger partial charge is 0.455 e. The van der Waals surface area contributed by atoms with Gasteiger partial charge in [-0.15, -0.1) is 0 Å².